The van der Waals surface area contributed by atoms with Crippen molar-refractivity contribution >= 4 is 23.1 Å². The van der Waals surface area contributed by atoms with Gasteiger partial charge in [-0.3, -0.25) is 0 Å². The Morgan fingerprint density at radius 2 is 1.45 bits per heavy atom. The van der Waals surface area contributed by atoms with Gasteiger partial charge in [0.1, 0.15) is 0 Å². The average Bonchev–Trinajstić information content (AvgIpc) is 2.33. The summed E-state index contributed by atoms with van der Waals surface area (Å²) in [6.45, 7) is 1.81. The number of nitrogen functional groups attached to an aromatic ring is 2. The Morgan fingerprint density at radius 1 is 0.900 bits per heavy atom. The molecule has 0 spiro atoms. The molecule has 2 rings (SSSR count). The number of hydrogen-bond donors (Lipinski definition) is 2. The molecule has 0 unspecified atom stereocenters. The van der Waals surface area contributed by atoms with Crippen LogP contribution in [0.1, 0.15) is 11.1 Å². The molecule has 0 aliphatic heterocycles. The molecule has 0 aliphatic rings. The fourth-order valence-electron chi connectivity index (χ4n) is 1.76. The Balaban J connectivity index is 2.43. The Morgan fingerprint density at radius 3 is 2.00 bits per heavy atom. The SMILES string of the molecule is Cc1cc(N)ccc1Sc1ccc(N)cc1C(F)(F)F. The van der Waals surface area contributed by atoms with Crippen LogP contribution in [0.3, 0.4) is 0 Å². The van der Waals surface area contributed by atoms with Crippen molar-refractivity contribution in [2.24, 2.45) is 0 Å². The number of nitrogens with two attached hydrogens (primary N) is 2. The maximum absolute atomic E-state index is 13.0. The largest absolute Gasteiger partial charge is 0.417 e. The van der Waals surface area contributed by atoms with Gasteiger partial charge < -0.3 is 11.5 Å². The molecule has 0 saturated carbocycles. The van der Waals surface area contributed by atoms with E-state index in [2.05, 4.69) is 0 Å². The first-order chi connectivity index (χ1) is 9.27. The van der Waals surface area contributed by atoms with Gasteiger partial charge in [0, 0.05) is 21.2 Å². The van der Waals surface area contributed by atoms with Crippen molar-refractivity contribution in [2.75, 3.05) is 11.5 Å². The van der Waals surface area contributed by atoms with Crippen molar-refractivity contribution in [1.82, 2.24) is 0 Å². The molecule has 4 N–H and O–H groups in total. The van der Waals surface area contributed by atoms with Crippen LogP contribution in [0.4, 0.5) is 24.5 Å². The third kappa shape index (κ3) is 3.19. The lowest BCUT2D eigenvalue weighted by atomic mass is 10.2. The second kappa shape index (κ2) is 5.28. The average molecular weight is 298 g/mol. The van der Waals surface area contributed by atoms with Gasteiger partial charge in [-0.1, -0.05) is 11.8 Å². The smallest absolute Gasteiger partial charge is 0.399 e. The van der Waals surface area contributed by atoms with Gasteiger partial charge >= 0.3 is 6.18 Å². The lowest BCUT2D eigenvalue weighted by Crippen LogP contribution is -2.07. The van der Waals surface area contributed by atoms with E-state index in [1.807, 2.05) is 6.92 Å². The van der Waals surface area contributed by atoms with E-state index >= 15 is 0 Å². The predicted octanol–water partition coefficient (Wildman–Crippen LogP) is 4.33. The van der Waals surface area contributed by atoms with Gasteiger partial charge in [-0.15, -0.1) is 0 Å². The third-order valence-corrected chi connectivity index (χ3v) is 3.98. The maximum atomic E-state index is 13.0. The minimum atomic E-state index is -4.43. The fraction of sp³-hybridized carbons (Fsp3) is 0.143. The van der Waals surface area contributed by atoms with Crippen LogP contribution in [0, 0.1) is 6.92 Å². The zero-order valence-electron chi connectivity index (χ0n) is 10.7. The summed E-state index contributed by atoms with van der Waals surface area (Å²) in [6, 6.07) is 8.91. The van der Waals surface area contributed by atoms with E-state index in [1.165, 1.54) is 12.1 Å². The summed E-state index contributed by atoms with van der Waals surface area (Å²) < 4.78 is 39.0. The second-order valence-electron chi connectivity index (χ2n) is 4.38. The quantitative estimate of drug-likeness (QED) is 0.811. The first-order valence-corrected chi connectivity index (χ1v) is 6.60. The molecule has 2 aromatic rings. The second-order valence-corrected chi connectivity index (χ2v) is 5.46. The molecule has 20 heavy (non-hydrogen) atoms. The number of alkyl halides is 3. The van der Waals surface area contributed by atoms with Crippen molar-refractivity contribution in [3.63, 3.8) is 0 Å². The number of aryl methyl sites for hydroxylation is 1. The molecule has 0 aliphatic carbocycles. The molecule has 106 valence electrons. The van der Waals surface area contributed by atoms with E-state index in [1.54, 1.807) is 18.2 Å². The summed E-state index contributed by atoms with van der Waals surface area (Å²) in [4.78, 5) is 0.856. The summed E-state index contributed by atoms with van der Waals surface area (Å²) in [7, 11) is 0. The lowest BCUT2D eigenvalue weighted by Gasteiger charge is -2.14. The van der Waals surface area contributed by atoms with Crippen LogP contribution >= 0.6 is 11.8 Å². The minimum Gasteiger partial charge on any atom is -0.399 e. The first-order valence-electron chi connectivity index (χ1n) is 5.78. The van der Waals surface area contributed by atoms with Gasteiger partial charge in [0.2, 0.25) is 0 Å². The molecule has 6 heteroatoms. The lowest BCUT2D eigenvalue weighted by molar-refractivity contribution is -0.139. The zero-order chi connectivity index (χ0) is 14.9. The predicted molar refractivity (Wildman–Crippen MR) is 75.6 cm³/mol. The van der Waals surface area contributed by atoms with Gasteiger partial charge in [0.15, 0.2) is 0 Å². The molecule has 0 amide bonds. The summed E-state index contributed by atoms with van der Waals surface area (Å²) in [5, 5.41) is 0. The van der Waals surface area contributed by atoms with E-state index in [4.69, 9.17) is 11.5 Å². The Bertz CT molecular complexity index is 639. The molecule has 2 aromatic carbocycles. The third-order valence-electron chi connectivity index (χ3n) is 2.73. The van der Waals surface area contributed by atoms with Crippen molar-refractivity contribution in [3.8, 4) is 0 Å². The Hall–Kier alpha value is -1.82. The van der Waals surface area contributed by atoms with Crippen molar-refractivity contribution < 1.29 is 13.2 Å². The molecule has 0 heterocycles. The standard InChI is InChI=1S/C14H13F3N2S/c1-8-6-9(18)2-4-12(8)20-13-5-3-10(19)7-11(13)14(15,16)17/h2-7H,18-19H2,1H3. The number of rotatable bonds is 2. The van der Waals surface area contributed by atoms with Crippen LogP contribution in [-0.2, 0) is 6.18 Å². The summed E-state index contributed by atoms with van der Waals surface area (Å²) in [5.74, 6) is 0. The van der Waals surface area contributed by atoms with Crippen molar-refractivity contribution in [2.45, 2.75) is 22.9 Å². The molecule has 0 fully saturated rings. The number of anilines is 2. The topological polar surface area (TPSA) is 52.0 Å². The van der Waals surface area contributed by atoms with Crippen LogP contribution < -0.4 is 11.5 Å². The Kier molecular flexibility index (Phi) is 3.85. The summed E-state index contributed by atoms with van der Waals surface area (Å²) in [6.07, 6.45) is -4.43. The zero-order valence-corrected chi connectivity index (χ0v) is 11.5. The highest BCUT2D eigenvalue weighted by atomic mass is 32.2. The molecule has 0 saturated heterocycles. The molecule has 0 bridgehead atoms. The number of hydrogen-bond acceptors (Lipinski definition) is 3. The highest BCUT2D eigenvalue weighted by molar-refractivity contribution is 7.99. The van der Waals surface area contributed by atoms with Crippen molar-refractivity contribution in [3.05, 3.63) is 47.5 Å². The molecule has 2 nitrogen and oxygen atoms in total. The summed E-state index contributed by atoms with van der Waals surface area (Å²) >= 11 is 1.05. The van der Waals surface area contributed by atoms with E-state index < -0.39 is 11.7 Å². The Labute approximate surface area is 119 Å². The van der Waals surface area contributed by atoms with E-state index in [0.717, 1.165) is 28.3 Å². The normalized spacial score (nSPS) is 11.6. The van der Waals surface area contributed by atoms with Gasteiger partial charge in [-0.25, -0.2) is 0 Å². The van der Waals surface area contributed by atoms with Crippen LogP contribution in [0.2, 0.25) is 0 Å². The van der Waals surface area contributed by atoms with Gasteiger partial charge in [-0.05, 0) is 48.9 Å². The van der Waals surface area contributed by atoms with Gasteiger partial charge in [-0.2, -0.15) is 13.2 Å². The van der Waals surface area contributed by atoms with Crippen LogP contribution in [-0.4, -0.2) is 0 Å². The van der Waals surface area contributed by atoms with Crippen LogP contribution in [0.5, 0.6) is 0 Å². The van der Waals surface area contributed by atoms with E-state index in [-0.39, 0.29) is 10.6 Å². The molecular weight excluding hydrogens is 285 g/mol. The highest BCUT2D eigenvalue weighted by Gasteiger charge is 2.33. The molecule has 0 radical (unpaired) electrons. The molecule has 0 atom stereocenters. The van der Waals surface area contributed by atoms with Gasteiger partial charge in [0.25, 0.3) is 0 Å². The number of halogens is 3. The first kappa shape index (κ1) is 14.6. The minimum absolute atomic E-state index is 0.0932. The van der Waals surface area contributed by atoms with Crippen molar-refractivity contribution in [1.29, 1.82) is 0 Å². The molecule has 0 aromatic heterocycles. The van der Waals surface area contributed by atoms with Crippen LogP contribution in [0.25, 0.3) is 0 Å². The van der Waals surface area contributed by atoms with E-state index in [0.29, 0.717) is 5.69 Å². The summed E-state index contributed by atoms with van der Waals surface area (Å²) in [5.41, 5.74) is 11.9. The van der Waals surface area contributed by atoms with Crippen LogP contribution in [0.15, 0.2) is 46.2 Å². The monoisotopic (exact) mass is 298 g/mol. The number of benzene rings is 2. The molecular formula is C14H13F3N2S. The maximum Gasteiger partial charge on any atom is 0.417 e. The van der Waals surface area contributed by atoms with Gasteiger partial charge in [0.05, 0.1) is 5.56 Å². The van der Waals surface area contributed by atoms with E-state index in [9.17, 15) is 13.2 Å². The highest BCUT2D eigenvalue weighted by Crippen LogP contribution is 2.41. The fourth-order valence-corrected chi connectivity index (χ4v) is 2.78.